The fraction of sp³-hybridized carbons (Fsp3) is 0.588. The summed E-state index contributed by atoms with van der Waals surface area (Å²) >= 11 is 0. The third-order valence-electron chi connectivity index (χ3n) is 4.51. The third-order valence-corrected chi connectivity index (χ3v) is 4.51. The van der Waals surface area contributed by atoms with E-state index < -0.39 is 0 Å². The predicted molar refractivity (Wildman–Crippen MR) is 82.3 cm³/mol. The minimum absolute atomic E-state index is 0.0714. The number of hydrogen-bond donors (Lipinski definition) is 1. The van der Waals surface area contributed by atoms with Crippen molar-refractivity contribution in [3.63, 3.8) is 0 Å². The largest absolute Gasteiger partial charge is 0.493 e. The first-order valence-corrected chi connectivity index (χ1v) is 8.03. The van der Waals surface area contributed by atoms with Gasteiger partial charge in [-0.2, -0.15) is 0 Å². The number of nitrogens with zero attached hydrogens (tertiary/aromatic N) is 1. The molecule has 0 aromatic heterocycles. The molecule has 114 valence electrons. The maximum Gasteiger partial charge on any atom is 0.239 e. The van der Waals surface area contributed by atoms with Crippen LogP contribution in [0, 0.1) is 5.92 Å². The first-order valence-electron chi connectivity index (χ1n) is 8.03. The van der Waals surface area contributed by atoms with E-state index in [0.717, 1.165) is 57.7 Å². The second-order valence-electron chi connectivity index (χ2n) is 6.04. The average molecular weight is 288 g/mol. The van der Waals surface area contributed by atoms with Gasteiger partial charge in [-0.15, -0.1) is 0 Å². The number of rotatable bonds is 4. The zero-order chi connectivity index (χ0) is 14.5. The minimum Gasteiger partial charge on any atom is -0.493 e. The molecule has 0 aliphatic carbocycles. The summed E-state index contributed by atoms with van der Waals surface area (Å²) in [5.41, 5.74) is 0. The molecular weight excluding hydrogens is 264 g/mol. The highest BCUT2D eigenvalue weighted by molar-refractivity contribution is 5.82. The fourth-order valence-corrected chi connectivity index (χ4v) is 3.17. The molecule has 0 saturated carbocycles. The predicted octanol–water partition coefficient (Wildman–Crippen LogP) is 2.06. The molecule has 2 saturated heterocycles. The number of hydrogen-bond acceptors (Lipinski definition) is 3. The standard InChI is InChI=1S/C17H24N2O2/c20-17(16-7-4-10-18-16)19-11-8-14(9-12-19)13-21-15-5-2-1-3-6-15/h1-3,5-6,14,16,18H,4,7-13H2. The highest BCUT2D eigenvalue weighted by atomic mass is 16.5. The normalized spacial score (nSPS) is 23.2. The maximum absolute atomic E-state index is 12.3. The van der Waals surface area contributed by atoms with Crippen LogP contribution in [-0.4, -0.2) is 43.1 Å². The van der Waals surface area contributed by atoms with Gasteiger partial charge in [-0.05, 0) is 50.3 Å². The van der Waals surface area contributed by atoms with Crippen molar-refractivity contribution in [1.82, 2.24) is 10.2 Å². The monoisotopic (exact) mass is 288 g/mol. The third kappa shape index (κ3) is 3.76. The van der Waals surface area contributed by atoms with E-state index in [1.807, 2.05) is 35.2 Å². The van der Waals surface area contributed by atoms with Gasteiger partial charge in [0, 0.05) is 13.1 Å². The molecule has 1 atom stereocenters. The van der Waals surface area contributed by atoms with Crippen molar-refractivity contribution < 1.29 is 9.53 Å². The summed E-state index contributed by atoms with van der Waals surface area (Å²) in [4.78, 5) is 14.3. The molecule has 2 fully saturated rings. The first kappa shape index (κ1) is 14.4. The SMILES string of the molecule is O=C(C1CCCN1)N1CCC(COc2ccccc2)CC1. The Kier molecular flexibility index (Phi) is 4.76. The van der Waals surface area contributed by atoms with Crippen LogP contribution >= 0.6 is 0 Å². The number of carbonyl (C=O) groups excluding carboxylic acids is 1. The van der Waals surface area contributed by atoms with E-state index in [1.165, 1.54) is 0 Å². The number of likely N-dealkylation sites (tertiary alicyclic amines) is 1. The van der Waals surface area contributed by atoms with Crippen molar-refractivity contribution in [1.29, 1.82) is 0 Å². The molecule has 1 aromatic rings. The Bertz CT molecular complexity index is 449. The lowest BCUT2D eigenvalue weighted by Crippen LogP contribution is -2.47. The molecule has 1 N–H and O–H groups in total. The van der Waals surface area contributed by atoms with Gasteiger partial charge in [-0.3, -0.25) is 4.79 Å². The number of nitrogens with one attached hydrogen (secondary N) is 1. The Morgan fingerprint density at radius 3 is 2.62 bits per heavy atom. The molecule has 0 radical (unpaired) electrons. The molecule has 2 heterocycles. The molecule has 3 rings (SSSR count). The van der Waals surface area contributed by atoms with Crippen LogP contribution in [0.25, 0.3) is 0 Å². The number of benzene rings is 1. The van der Waals surface area contributed by atoms with Crippen LogP contribution in [-0.2, 0) is 4.79 Å². The van der Waals surface area contributed by atoms with E-state index in [4.69, 9.17) is 4.74 Å². The molecule has 21 heavy (non-hydrogen) atoms. The maximum atomic E-state index is 12.3. The van der Waals surface area contributed by atoms with E-state index >= 15 is 0 Å². The fourth-order valence-electron chi connectivity index (χ4n) is 3.17. The van der Waals surface area contributed by atoms with Crippen molar-refractivity contribution in [2.45, 2.75) is 31.7 Å². The summed E-state index contributed by atoms with van der Waals surface area (Å²) in [5.74, 6) is 1.80. The Morgan fingerprint density at radius 2 is 1.95 bits per heavy atom. The van der Waals surface area contributed by atoms with Gasteiger partial charge in [0.15, 0.2) is 0 Å². The minimum atomic E-state index is 0.0714. The zero-order valence-corrected chi connectivity index (χ0v) is 12.5. The van der Waals surface area contributed by atoms with Crippen LogP contribution in [0.15, 0.2) is 30.3 Å². The molecule has 4 nitrogen and oxygen atoms in total. The van der Waals surface area contributed by atoms with Crippen LogP contribution < -0.4 is 10.1 Å². The Hall–Kier alpha value is -1.55. The zero-order valence-electron chi connectivity index (χ0n) is 12.5. The van der Waals surface area contributed by atoms with Crippen LogP contribution in [0.3, 0.4) is 0 Å². The number of piperidine rings is 1. The quantitative estimate of drug-likeness (QED) is 0.922. The molecule has 0 bridgehead atoms. The summed E-state index contributed by atoms with van der Waals surface area (Å²) in [5, 5.41) is 3.30. The number of carbonyl (C=O) groups is 1. The number of amides is 1. The molecule has 4 heteroatoms. The molecule has 1 amide bonds. The topological polar surface area (TPSA) is 41.6 Å². The van der Waals surface area contributed by atoms with Gasteiger partial charge in [-0.1, -0.05) is 18.2 Å². The van der Waals surface area contributed by atoms with Crippen LogP contribution in [0.5, 0.6) is 5.75 Å². The van der Waals surface area contributed by atoms with Crippen molar-refractivity contribution in [3.8, 4) is 5.75 Å². The highest BCUT2D eigenvalue weighted by Gasteiger charge is 2.29. The molecule has 1 unspecified atom stereocenters. The molecule has 2 aliphatic heterocycles. The van der Waals surface area contributed by atoms with Crippen LogP contribution in [0.1, 0.15) is 25.7 Å². The van der Waals surface area contributed by atoms with Crippen LogP contribution in [0.2, 0.25) is 0 Å². The van der Waals surface area contributed by atoms with Crippen molar-refractivity contribution in [2.24, 2.45) is 5.92 Å². The van der Waals surface area contributed by atoms with Gasteiger partial charge in [0.05, 0.1) is 12.6 Å². The van der Waals surface area contributed by atoms with E-state index in [0.29, 0.717) is 11.8 Å². The lowest BCUT2D eigenvalue weighted by molar-refractivity contribution is -0.134. The van der Waals surface area contributed by atoms with Crippen LogP contribution in [0.4, 0.5) is 0 Å². The lowest BCUT2D eigenvalue weighted by atomic mass is 9.97. The lowest BCUT2D eigenvalue weighted by Gasteiger charge is -2.33. The van der Waals surface area contributed by atoms with E-state index in [-0.39, 0.29) is 6.04 Å². The van der Waals surface area contributed by atoms with Gasteiger partial charge >= 0.3 is 0 Å². The smallest absolute Gasteiger partial charge is 0.239 e. The van der Waals surface area contributed by atoms with Gasteiger partial charge in [0.2, 0.25) is 5.91 Å². The summed E-state index contributed by atoms with van der Waals surface area (Å²) in [7, 11) is 0. The first-order chi connectivity index (χ1) is 10.3. The second kappa shape index (κ2) is 6.94. The summed E-state index contributed by atoms with van der Waals surface area (Å²) in [6, 6.07) is 10.0. The summed E-state index contributed by atoms with van der Waals surface area (Å²) < 4.78 is 5.83. The highest BCUT2D eigenvalue weighted by Crippen LogP contribution is 2.21. The second-order valence-corrected chi connectivity index (χ2v) is 6.04. The Labute approximate surface area is 126 Å². The van der Waals surface area contributed by atoms with E-state index in [1.54, 1.807) is 0 Å². The van der Waals surface area contributed by atoms with Crippen molar-refractivity contribution in [2.75, 3.05) is 26.2 Å². The van der Waals surface area contributed by atoms with Crippen molar-refractivity contribution in [3.05, 3.63) is 30.3 Å². The van der Waals surface area contributed by atoms with Gasteiger partial charge in [-0.25, -0.2) is 0 Å². The van der Waals surface area contributed by atoms with E-state index in [9.17, 15) is 4.79 Å². The molecule has 0 spiro atoms. The van der Waals surface area contributed by atoms with E-state index in [2.05, 4.69) is 5.32 Å². The van der Waals surface area contributed by atoms with Crippen molar-refractivity contribution >= 4 is 5.91 Å². The van der Waals surface area contributed by atoms with Gasteiger partial charge in [0.1, 0.15) is 5.75 Å². The molecular formula is C17H24N2O2. The molecule has 2 aliphatic rings. The number of para-hydroxylation sites is 1. The Morgan fingerprint density at radius 1 is 1.19 bits per heavy atom. The summed E-state index contributed by atoms with van der Waals surface area (Å²) in [6.45, 7) is 3.49. The number of ether oxygens (including phenoxy) is 1. The average Bonchev–Trinajstić information content (AvgIpc) is 3.08. The summed E-state index contributed by atoms with van der Waals surface area (Å²) in [6.07, 6.45) is 4.21. The molecule has 1 aromatic carbocycles. The van der Waals surface area contributed by atoms with Gasteiger partial charge < -0.3 is 15.0 Å². The van der Waals surface area contributed by atoms with Gasteiger partial charge in [0.25, 0.3) is 0 Å². The Balaban J connectivity index is 1.41.